The minimum absolute atomic E-state index is 0.499. The fraction of sp³-hybridized carbons (Fsp3) is 0.389. The molecule has 2 N–H and O–H groups in total. The monoisotopic (exact) mass is 268 g/mol. The maximum Gasteiger partial charge on any atom is 0.127 e. The summed E-state index contributed by atoms with van der Waals surface area (Å²) in [5.41, 5.74) is 9.89. The Kier molecular flexibility index (Phi) is 5.16. The van der Waals surface area contributed by atoms with Gasteiger partial charge in [-0.3, -0.25) is 0 Å². The van der Waals surface area contributed by atoms with Crippen LogP contribution in [0.4, 0.5) is 5.82 Å². The lowest BCUT2D eigenvalue weighted by molar-refractivity contribution is 0.571. The molecule has 0 radical (unpaired) electrons. The van der Waals surface area contributed by atoms with E-state index in [2.05, 4.69) is 49.2 Å². The lowest BCUT2D eigenvalue weighted by Crippen LogP contribution is -2.06. The Balaban J connectivity index is 2.45. The van der Waals surface area contributed by atoms with E-state index in [9.17, 15) is 0 Å². The van der Waals surface area contributed by atoms with E-state index in [1.54, 1.807) is 0 Å². The molecular formula is C18H24N2. The molecular weight excluding hydrogens is 244 g/mol. The van der Waals surface area contributed by atoms with Crippen molar-refractivity contribution < 1.29 is 0 Å². The Morgan fingerprint density at radius 2 is 1.85 bits per heavy atom. The van der Waals surface area contributed by atoms with Crippen LogP contribution in [0.25, 0.3) is 11.1 Å². The highest BCUT2D eigenvalue weighted by Crippen LogP contribution is 2.36. The molecule has 1 atom stereocenters. The SMILES string of the molecule is CCCCC(CC)c1c(-c2ccccc2)ccnc1N. The van der Waals surface area contributed by atoms with Gasteiger partial charge >= 0.3 is 0 Å². The molecule has 0 aliphatic rings. The van der Waals surface area contributed by atoms with E-state index in [0.717, 1.165) is 6.42 Å². The molecule has 2 heteroatoms. The summed E-state index contributed by atoms with van der Waals surface area (Å²) in [4.78, 5) is 4.32. The van der Waals surface area contributed by atoms with Gasteiger partial charge in [-0.2, -0.15) is 0 Å². The van der Waals surface area contributed by atoms with Gasteiger partial charge in [0.05, 0.1) is 0 Å². The summed E-state index contributed by atoms with van der Waals surface area (Å²) >= 11 is 0. The standard InChI is InChI=1S/C18H24N2/c1-3-5-9-14(4-2)17-16(12-13-20-18(17)19)15-10-7-6-8-11-15/h6-8,10-14H,3-5,9H2,1-2H3,(H2,19,20). The molecule has 0 spiro atoms. The van der Waals surface area contributed by atoms with Gasteiger partial charge in [0, 0.05) is 11.8 Å². The van der Waals surface area contributed by atoms with Crippen molar-refractivity contribution in [1.29, 1.82) is 0 Å². The van der Waals surface area contributed by atoms with E-state index in [1.807, 2.05) is 12.3 Å². The quantitative estimate of drug-likeness (QED) is 0.799. The maximum atomic E-state index is 6.20. The lowest BCUT2D eigenvalue weighted by atomic mass is 9.86. The molecule has 0 fully saturated rings. The largest absolute Gasteiger partial charge is 0.383 e. The minimum Gasteiger partial charge on any atom is -0.383 e. The molecule has 0 amide bonds. The van der Waals surface area contributed by atoms with Crippen LogP contribution in [0.3, 0.4) is 0 Å². The molecule has 0 saturated carbocycles. The highest BCUT2D eigenvalue weighted by molar-refractivity contribution is 5.72. The number of hydrogen-bond donors (Lipinski definition) is 1. The van der Waals surface area contributed by atoms with E-state index >= 15 is 0 Å². The van der Waals surface area contributed by atoms with Gasteiger partial charge in [0.1, 0.15) is 5.82 Å². The Labute approximate surface area is 122 Å². The zero-order valence-corrected chi connectivity index (χ0v) is 12.5. The number of benzene rings is 1. The van der Waals surface area contributed by atoms with E-state index in [1.165, 1.54) is 36.0 Å². The fourth-order valence-corrected chi connectivity index (χ4v) is 2.79. The van der Waals surface area contributed by atoms with Gasteiger partial charge in [-0.1, -0.05) is 57.0 Å². The molecule has 0 aliphatic carbocycles. The van der Waals surface area contributed by atoms with Crippen LogP contribution < -0.4 is 5.73 Å². The number of aromatic nitrogens is 1. The lowest BCUT2D eigenvalue weighted by Gasteiger charge is -2.20. The molecule has 0 bridgehead atoms. The summed E-state index contributed by atoms with van der Waals surface area (Å²) in [6, 6.07) is 12.6. The van der Waals surface area contributed by atoms with Crippen LogP contribution in [0.2, 0.25) is 0 Å². The predicted octanol–water partition coefficient (Wildman–Crippen LogP) is 5.01. The Bertz CT molecular complexity index is 534. The number of rotatable bonds is 6. The normalized spacial score (nSPS) is 12.3. The second-order valence-electron chi connectivity index (χ2n) is 5.27. The van der Waals surface area contributed by atoms with Gasteiger partial charge in [0.25, 0.3) is 0 Å². The summed E-state index contributed by atoms with van der Waals surface area (Å²) < 4.78 is 0. The van der Waals surface area contributed by atoms with Gasteiger partial charge in [-0.25, -0.2) is 4.98 Å². The third-order valence-corrected chi connectivity index (χ3v) is 3.91. The molecule has 20 heavy (non-hydrogen) atoms. The van der Waals surface area contributed by atoms with Crippen molar-refractivity contribution in [2.75, 3.05) is 5.73 Å². The van der Waals surface area contributed by atoms with Crippen LogP contribution in [0, 0.1) is 0 Å². The average Bonchev–Trinajstić information content (AvgIpc) is 2.50. The molecule has 0 saturated heterocycles. The Hall–Kier alpha value is -1.83. The molecule has 1 heterocycles. The first kappa shape index (κ1) is 14.6. The van der Waals surface area contributed by atoms with Crippen molar-refractivity contribution in [2.24, 2.45) is 0 Å². The number of anilines is 1. The summed E-state index contributed by atoms with van der Waals surface area (Å²) in [5.74, 6) is 1.19. The van der Waals surface area contributed by atoms with Crippen LogP contribution in [-0.2, 0) is 0 Å². The van der Waals surface area contributed by atoms with Crippen molar-refractivity contribution in [2.45, 2.75) is 45.4 Å². The number of unbranched alkanes of at least 4 members (excludes halogenated alkanes) is 1. The Morgan fingerprint density at radius 3 is 2.50 bits per heavy atom. The van der Waals surface area contributed by atoms with Gasteiger partial charge < -0.3 is 5.73 Å². The number of nitrogen functional groups attached to an aromatic ring is 1. The number of nitrogens with zero attached hydrogens (tertiary/aromatic N) is 1. The van der Waals surface area contributed by atoms with Crippen molar-refractivity contribution in [3.63, 3.8) is 0 Å². The first-order chi connectivity index (χ1) is 9.77. The molecule has 1 aromatic heterocycles. The molecule has 1 aromatic carbocycles. The topological polar surface area (TPSA) is 38.9 Å². The first-order valence-electron chi connectivity index (χ1n) is 7.57. The molecule has 2 rings (SSSR count). The smallest absolute Gasteiger partial charge is 0.127 e. The highest BCUT2D eigenvalue weighted by atomic mass is 14.8. The first-order valence-corrected chi connectivity index (χ1v) is 7.57. The molecule has 1 unspecified atom stereocenters. The highest BCUT2D eigenvalue weighted by Gasteiger charge is 2.18. The molecule has 2 nitrogen and oxygen atoms in total. The van der Waals surface area contributed by atoms with E-state index < -0.39 is 0 Å². The van der Waals surface area contributed by atoms with Crippen molar-refractivity contribution in [3.05, 3.63) is 48.2 Å². The zero-order chi connectivity index (χ0) is 14.4. The summed E-state index contributed by atoms with van der Waals surface area (Å²) in [6.45, 7) is 4.47. The number of hydrogen-bond acceptors (Lipinski definition) is 2. The molecule has 2 aromatic rings. The van der Waals surface area contributed by atoms with Crippen LogP contribution in [-0.4, -0.2) is 4.98 Å². The van der Waals surface area contributed by atoms with Crippen molar-refractivity contribution in [3.8, 4) is 11.1 Å². The van der Waals surface area contributed by atoms with Crippen LogP contribution in [0.5, 0.6) is 0 Å². The van der Waals surface area contributed by atoms with Crippen molar-refractivity contribution >= 4 is 5.82 Å². The molecule has 0 aliphatic heterocycles. The van der Waals surface area contributed by atoms with Crippen LogP contribution in [0.15, 0.2) is 42.6 Å². The number of pyridine rings is 1. The molecule has 106 valence electrons. The zero-order valence-electron chi connectivity index (χ0n) is 12.5. The minimum atomic E-state index is 0.499. The van der Waals surface area contributed by atoms with E-state index in [-0.39, 0.29) is 0 Å². The second-order valence-corrected chi connectivity index (χ2v) is 5.27. The van der Waals surface area contributed by atoms with Crippen LogP contribution in [0.1, 0.15) is 51.0 Å². The Morgan fingerprint density at radius 1 is 1.10 bits per heavy atom. The average molecular weight is 268 g/mol. The van der Waals surface area contributed by atoms with Crippen molar-refractivity contribution in [1.82, 2.24) is 4.98 Å². The maximum absolute atomic E-state index is 6.20. The van der Waals surface area contributed by atoms with E-state index in [0.29, 0.717) is 11.7 Å². The van der Waals surface area contributed by atoms with Gasteiger partial charge in [-0.05, 0) is 36.0 Å². The number of nitrogens with two attached hydrogens (primary N) is 1. The summed E-state index contributed by atoms with van der Waals surface area (Å²) in [6.07, 6.45) is 6.56. The second kappa shape index (κ2) is 7.09. The predicted molar refractivity (Wildman–Crippen MR) is 86.6 cm³/mol. The summed E-state index contributed by atoms with van der Waals surface area (Å²) in [7, 11) is 0. The third-order valence-electron chi connectivity index (χ3n) is 3.91. The fourth-order valence-electron chi connectivity index (χ4n) is 2.79. The third kappa shape index (κ3) is 3.19. The van der Waals surface area contributed by atoms with Gasteiger partial charge in [0.2, 0.25) is 0 Å². The summed E-state index contributed by atoms with van der Waals surface area (Å²) in [5, 5.41) is 0. The van der Waals surface area contributed by atoms with Crippen LogP contribution >= 0.6 is 0 Å². The van der Waals surface area contributed by atoms with Gasteiger partial charge in [-0.15, -0.1) is 0 Å². The van der Waals surface area contributed by atoms with Gasteiger partial charge in [0.15, 0.2) is 0 Å². The van der Waals surface area contributed by atoms with E-state index in [4.69, 9.17) is 5.73 Å².